The van der Waals surface area contributed by atoms with Crippen LogP contribution in [0.3, 0.4) is 0 Å². The van der Waals surface area contributed by atoms with Gasteiger partial charge in [-0.1, -0.05) is 36.8 Å². The van der Waals surface area contributed by atoms with Crippen molar-refractivity contribution in [3.05, 3.63) is 53.5 Å². The third-order valence-corrected chi connectivity index (χ3v) is 3.17. The molecule has 2 aromatic rings. The summed E-state index contributed by atoms with van der Waals surface area (Å²) in [5.74, 6) is 0.571. The lowest BCUT2D eigenvalue weighted by molar-refractivity contribution is 0.382. The van der Waals surface area contributed by atoms with Gasteiger partial charge in [-0.15, -0.1) is 0 Å². The minimum absolute atomic E-state index is 0.000741. The van der Waals surface area contributed by atoms with E-state index in [-0.39, 0.29) is 6.04 Å². The molecule has 0 bridgehead atoms. The van der Waals surface area contributed by atoms with Crippen molar-refractivity contribution in [2.75, 3.05) is 13.7 Å². The number of ether oxygens (including phenoxy) is 1. The van der Waals surface area contributed by atoms with E-state index in [1.807, 2.05) is 0 Å². The van der Waals surface area contributed by atoms with Crippen molar-refractivity contribution in [2.45, 2.75) is 26.3 Å². The maximum atomic E-state index is 5.34. The SMILES string of the molecule is CCCNC(c1ccc(C)cc1)c1nccnc1OC. The summed E-state index contributed by atoms with van der Waals surface area (Å²) in [4.78, 5) is 8.70. The van der Waals surface area contributed by atoms with E-state index < -0.39 is 0 Å². The number of nitrogens with one attached hydrogen (secondary N) is 1. The molecule has 0 radical (unpaired) electrons. The van der Waals surface area contributed by atoms with Crippen LogP contribution in [0.4, 0.5) is 0 Å². The molecule has 0 saturated heterocycles. The predicted molar refractivity (Wildman–Crippen MR) is 79.9 cm³/mol. The van der Waals surface area contributed by atoms with E-state index in [9.17, 15) is 0 Å². The molecule has 1 atom stereocenters. The molecule has 1 heterocycles. The lowest BCUT2D eigenvalue weighted by Crippen LogP contribution is -2.24. The van der Waals surface area contributed by atoms with Crippen LogP contribution in [-0.4, -0.2) is 23.6 Å². The van der Waals surface area contributed by atoms with E-state index in [1.54, 1.807) is 19.5 Å². The number of benzene rings is 1. The topological polar surface area (TPSA) is 47.0 Å². The second kappa shape index (κ2) is 7.01. The fourth-order valence-electron chi connectivity index (χ4n) is 2.11. The number of aromatic nitrogens is 2. The van der Waals surface area contributed by atoms with Gasteiger partial charge in [0.1, 0.15) is 5.69 Å². The Morgan fingerprint density at radius 1 is 1.15 bits per heavy atom. The second-order valence-corrected chi connectivity index (χ2v) is 4.75. The third kappa shape index (κ3) is 3.33. The molecule has 4 heteroatoms. The smallest absolute Gasteiger partial charge is 0.237 e. The van der Waals surface area contributed by atoms with Crippen LogP contribution in [0, 0.1) is 6.92 Å². The molecule has 0 amide bonds. The average molecular weight is 271 g/mol. The molecule has 1 unspecified atom stereocenters. The van der Waals surface area contributed by atoms with Gasteiger partial charge in [-0.3, -0.25) is 4.98 Å². The van der Waals surface area contributed by atoms with Crippen molar-refractivity contribution < 1.29 is 4.74 Å². The molecule has 0 aliphatic heterocycles. The van der Waals surface area contributed by atoms with Gasteiger partial charge in [0.2, 0.25) is 5.88 Å². The first-order valence-electron chi connectivity index (χ1n) is 6.91. The lowest BCUT2D eigenvalue weighted by Gasteiger charge is -2.20. The molecule has 106 valence electrons. The molecule has 0 fully saturated rings. The van der Waals surface area contributed by atoms with E-state index in [1.165, 1.54) is 11.1 Å². The van der Waals surface area contributed by atoms with E-state index in [2.05, 4.69) is 53.4 Å². The molecule has 20 heavy (non-hydrogen) atoms. The molecule has 0 aliphatic rings. The molecular weight excluding hydrogens is 250 g/mol. The van der Waals surface area contributed by atoms with Gasteiger partial charge in [-0.05, 0) is 25.5 Å². The first-order chi connectivity index (χ1) is 9.76. The normalized spacial score (nSPS) is 12.2. The molecule has 4 nitrogen and oxygen atoms in total. The molecule has 0 aliphatic carbocycles. The Labute approximate surface area is 120 Å². The summed E-state index contributed by atoms with van der Waals surface area (Å²) in [5.41, 5.74) is 3.24. The maximum absolute atomic E-state index is 5.34. The Morgan fingerprint density at radius 3 is 2.50 bits per heavy atom. The Bertz CT molecular complexity index is 540. The Hall–Kier alpha value is -1.94. The molecule has 2 rings (SSSR count). The van der Waals surface area contributed by atoms with Gasteiger partial charge < -0.3 is 10.1 Å². The van der Waals surface area contributed by atoms with Crippen molar-refractivity contribution in [3.63, 3.8) is 0 Å². The highest BCUT2D eigenvalue weighted by Gasteiger charge is 2.19. The van der Waals surface area contributed by atoms with Gasteiger partial charge in [0.05, 0.1) is 13.2 Å². The highest BCUT2D eigenvalue weighted by Crippen LogP contribution is 2.26. The predicted octanol–water partition coefficient (Wildman–Crippen LogP) is 2.88. The average Bonchev–Trinajstić information content (AvgIpc) is 2.50. The Balaban J connectivity index is 2.38. The van der Waals surface area contributed by atoms with Crippen LogP contribution >= 0.6 is 0 Å². The summed E-state index contributed by atoms with van der Waals surface area (Å²) < 4.78 is 5.34. The zero-order chi connectivity index (χ0) is 14.4. The van der Waals surface area contributed by atoms with Gasteiger partial charge >= 0.3 is 0 Å². The number of hydrogen-bond acceptors (Lipinski definition) is 4. The molecule has 0 spiro atoms. The van der Waals surface area contributed by atoms with Crippen molar-refractivity contribution >= 4 is 0 Å². The van der Waals surface area contributed by atoms with Gasteiger partial charge in [0.15, 0.2) is 0 Å². The summed E-state index contributed by atoms with van der Waals surface area (Å²) in [6.07, 6.45) is 4.41. The Kier molecular flexibility index (Phi) is 5.07. The second-order valence-electron chi connectivity index (χ2n) is 4.75. The first-order valence-corrected chi connectivity index (χ1v) is 6.91. The van der Waals surface area contributed by atoms with Crippen LogP contribution in [0.2, 0.25) is 0 Å². The van der Waals surface area contributed by atoms with E-state index >= 15 is 0 Å². The lowest BCUT2D eigenvalue weighted by atomic mass is 10.0. The van der Waals surface area contributed by atoms with Crippen molar-refractivity contribution in [2.24, 2.45) is 0 Å². The van der Waals surface area contributed by atoms with Crippen LogP contribution in [-0.2, 0) is 0 Å². The highest BCUT2D eigenvalue weighted by atomic mass is 16.5. The number of nitrogens with zero attached hydrogens (tertiary/aromatic N) is 2. The molecule has 1 aromatic heterocycles. The van der Waals surface area contributed by atoms with Crippen molar-refractivity contribution in [3.8, 4) is 5.88 Å². The van der Waals surface area contributed by atoms with E-state index in [0.29, 0.717) is 5.88 Å². The van der Waals surface area contributed by atoms with Gasteiger partial charge in [-0.25, -0.2) is 4.98 Å². The molecule has 1 aromatic carbocycles. The summed E-state index contributed by atoms with van der Waals surface area (Å²) >= 11 is 0. The van der Waals surface area contributed by atoms with Crippen LogP contribution in [0.5, 0.6) is 5.88 Å². The number of hydrogen-bond donors (Lipinski definition) is 1. The summed E-state index contributed by atoms with van der Waals surface area (Å²) in [6, 6.07) is 8.46. The minimum Gasteiger partial charge on any atom is -0.480 e. The van der Waals surface area contributed by atoms with Crippen molar-refractivity contribution in [1.82, 2.24) is 15.3 Å². The van der Waals surface area contributed by atoms with Gasteiger partial charge in [-0.2, -0.15) is 0 Å². The van der Waals surface area contributed by atoms with Crippen LogP contribution < -0.4 is 10.1 Å². The monoisotopic (exact) mass is 271 g/mol. The summed E-state index contributed by atoms with van der Waals surface area (Å²) in [5, 5.41) is 3.51. The largest absolute Gasteiger partial charge is 0.480 e. The fourth-order valence-corrected chi connectivity index (χ4v) is 2.11. The summed E-state index contributed by atoms with van der Waals surface area (Å²) in [7, 11) is 1.62. The molecule has 0 saturated carbocycles. The number of rotatable bonds is 6. The van der Waals surface area contributed by atoms with Gasteiger partial charge in [0.25, 0.3) is 0 Å². The van der Waals surface area contributed by atoms with Crippen LogP contribution in [0.15, 0.2) is 36.7 Å². The fraction of sp³-hybridized carbons (Fsp3) is 0.375. The van der Waals surface area contributed by atoms with Gasteiger partial charge in [0, 0.05) is 12.4 Å². The van der Waals surface area contributed by atoms with Crippen LogP contribution in [0.25, 0.3) is 0 Å². The van der Waals surface area contributed by atoms with E-state index in [0.717, 1.165) is 18.7 Å². The standard InChI is InChI=1S/C16H21N3O/c1-4-9-17-14(13-7-5-12(2)6-8-13)15-16(20-3)19-11-10-18-15/h5-8,10-11,14,17H,4,9H2,1-3H3. The zero-order valence-electron chi connectivity index (χ0n) is 12.3. The molecule has 1 N–H and O–H groups in total. The van der Waals surface area contributed by atoms with Crippen molar-refractivity contribution in [1.29, 1.82) is 0 Å². The summed E-state index contributed by atoms with van der Waals surface area (Å²) in [6.45, 7) is 5.15. The quantitative estimate of drug-likeness (QED) is 0.877. The Morgan fingerprint density at radius 2 is 1.85 bits per heavy atom. The maximum Gasteiger partial charge on any atom is 0.237 e. The van der Waals surface area contributed by atoms with Crippen LogP contribution in [0.1, 0.15) is 36.2 Å². The van der Waals surface area contributed by atoms with E-state index in [4.69, 9.17) is 4.74 Å². The highest BCUT2D eigenvalue weighted by molar-refractivity contribution is 5.34. The first kappa shape index (κ1) is 14.5. The number of methoxy groups -OCH3 is 1. The zero-order valence-corrected chi connectivity index (χ0v) is 12.3. The molecular formula is C16H21N3O. The number of aryl methyl sites for hydroxylation is 1. The minimum atomic E-state index is -0.000741. The third-order valence-electron chi connectivity index (χ3n) is 3.17.